The van der Waals surface area contributed by atoms with Crippen LogP contribution < -0.4 is 10.1 Å². The van der Waals surface area contributed by atoms with Crippen molar-refractivity contribution in [3.63, 3.8) is 0 Å². The Hall–Kier alpha value is -1.09. The lowest BCUT2D eigenvalue weighted by Gasteiger charge is -2.21. The summed E-state index contributed by atoms with van der Waals surface area (Å²) >= 11 is 0. The van der Waals surface area contributed by atoms with Gasteiger partial charge >= 0.3 is 0 Å². The molecule has 1 aliphatic rings. The van der Waals surface area contributed by atoms with Crippen LogP contribution in [0.3, 0.4) is 0 Å². The third kappa shape index (κ3) is 2.60. The monoisotopic (exact) mass is 234 g/mol. The van der Waals surface area contributed by atoms with Crippen LogP contribution in [0.2, 0.25) is 0 Å². The average molecular weight is 234 g/mol. The normalized spacial score (nSPS) is 28.3. The summed E-state index contributed by atoms with van der Waals surface area (Å²) in [4.78, 5) is 4.26. The highest BCUT2D eigenvalue weighted by molar-refractivity contribution is 5.27. The molecule has 0 amide bonds. The van der Waals surface area contributed by atoms with E-state index in [1.54, 1.807) is 13.3 Å². The minimum absolute atomic E-state index is 0.613. The molecule has 0 aliphatic heterocycles. The van der Waals surface area contributed by atoms with Crippen molar-refractivity contribution in [3.05, 3.63) is 24.0 Å². The summed E-state index contributed by atoms with van der Waals surface area (Å²) in [5.74, 6) is 2.15. The summed E-state index contributed by atoms with van der Waals surface area (Å²) in [6, 6.07) is 2.78. The second-order valence-electron chi connectivity index (χ2n) is 4.87. The van der Waals surface area contributed by atoms with E-state index in [1.807, 2.05) is 6.20 Å². The molecule has 0 radical (unpaired) electrons. The van der Waals surface area contributed by atoms with Gasteiger partial charge in [-0.2, -0.15) is 0 Å². The van der Waals surface area contributed by atoms with Gasteiger partial charge in [0.15, 0.2) is 0 Å². The molecule has 1 aliphatic carbocycles. The molecule has 1 aromatic rings. The molecule has 2 rings (SSSR count). The Labute approximate surface area is 104 Å². The fourth-order valence-electron chi connectivity index (χ4n) is 2.94. The molecule has 0 spiro atoms. The molecule has 1 saturated carbocycles. The summed E-state index contributed by atoms with van der Waals surface area (Å²) in [5.41, 5.74) is 1.32. The van der Waals surface area contributed by atoms with Crippen molar-refractivity contribution in [1.82, 2.24) is 10.3 Å². The topological polar surface area (TPSA) is 34.2 Å². The van der Waals surface area contributed by atoms with Crippen LogP contribution in [0.1, 0.15) is 38.2 Å². The maximum Gasteiger partial charge on any atom is 0.137 e. The smallest absolute Gasteiger partial charge is 0.137 e. The minimum atomic E-state index is 0.613. The highest BCUT2D eigenvalue weighted by Crippen LogP contribution is 2.39. The van der Waals surface area contributed by atoms with Gasteiger partial charge in [0.2, 0.25) is 0 Å². The first-order valence-corrected chi connectivity index (χ1v) is 6.48. The van der Waals surface area contributed by atoms with Gasteiger partial charge in [-0.25, -0.2) is 0 Å². The van der Waals surface area contributed by atoms with Crippen LogP contribution in [0.15, 0.2) is 18.5 Å². The van der Waals surface area contributed by atoms with E-state index in [-0.39, 0.29) is 0 Å². The van der Waals surface area contributed by atoms with E-state index >= 15 is 0 Å². The van der Waals surface area contributed by atoms with Crippen molar-refractivity contribution < 1.29 is 4.74 Å². The lowest BCUT2D eigenvalue weighted by atomic mass is 9.90. The van der Waals surface area contributed by atoms with E-state index in [9.17, 15) is 0 Å². The second kappa shape index (κ2) is 5.50. The molecule has 17 heavy (non-hydrogen) atoms. The number of ether oxygens (including phenoxy) is 1. The summed E-state index contributed by atoms with van der Waals surface area (Å²) in [6.07, 6.45) is 6.26. The number of nitrogens with one attached hydrogen (secondary N) is 1. The summed E-state index contributed by atoms with van der Waals surface area (Å²) in [5, 5.41) is 3.57. The summed E-state index contributed by atoms with van der Waals surface area (Å²) in [7, 11) is 1.69. The van der Waals surface area contributed by atoms with Gasteiger partial charge < -0.3 is 10.1 Å². The van der Waals surface area contributed by atoms with Crippen LogP contribution in [0.25, 0.3) is 0 Å². The number of rotatable bonds is 4. The molecule has 0 bridgehead atoms. The fraction of sp³-hybridized carbons (Fsp3) is 0.643. The first-order valence-electron chi connectivity index (χ1n) is 6.48. The number of methoxy groups -OCH3 is 1. The fourth-order valence-corrected chi connectivity index (χ4v) is 2.94. The van der Waals surface area contributed by atoms with Gasteiger partial charge in [0.1, 0.15) is 5.75 Å². The van der Waals surface area contributed by atoms with Crippen LogP contribution in [0, 0.1) is 5.92 Å². The Morgan fingerprint density at radius 3 is 2.94 bits per heavy atom. The standard InChI is InChI=1S/C14H22N2O/c1-4-16-14-6-5-13(10(14)2)11-7-12(17-3)9-15-8-11/h7-10,13-14,16H,4-6H2,1-3H3. The van der Waals surface area contributed by atoms with Crippen molar-refractivity contribution >= 4 is 0 Å². The molecular weight excluding hydrogens is 212 g/mol. The van der Waals surface area contributed by atoms with Gasteiger partial charge in [-0.3, -0.25) is 4.98 Å². The molecule has 94 valence electrons. The van der Waals surface area contributed by atoms with Crippen molar-refractivity contribution in [1.29, 1.82) is 0 Å². The summed E-state index contributed by atoms with van der Waals surface area (Å²) < 4.78 is 5.25. The Morgan fingerprint density at radius 1 is 1.41 bits per heavy atom. The number of pyridine rings is 1. The zero-order chi connectivity index (χ0) is 12.3. The molecule has 1 N–H and O–H groups in total. The van der Waals surface area contributed by atoms with Gasteiger partial charge in [0.05, 0.1) is 13.3 Å². The minimum Gasteiger partial charge on any atom is -0.495 e. The lowest BCUT2D eigenvalue weighted by molar-refractivity contribution is 0.402. The van der Waals surface area contributed by atoms with Gasteiger partial charge in [-0.15, -0.1) is 0 Å². The Balaban J connectivity index is 2.12. The maximum atomic E-state index is 5.25. The average Bonchev–Trinajstić information content (AvgIpc) is 2.72. The molecule has 3 atom stereocenters. The van der Waals surface area contributed by atoms with E-state index in [1.165, 1.54) is 18.4 Å². The van der Waals surface area contributed by atoms with Crippen molar-refractivity contribution in [2.75, 3.05) is 13.7 Å². The number of hydrogen-bond donors (Lipinski definition) is 1. The van der Waals surface area contributed by atoms with E-state index < -0.39 is 0 Å². The van der Waals surface area contributed by atoms with E-state index in [0.717, 1.165) is 12.3 Å². The Bertz CT molecular complexity index is 367. The number of nitrogens with zero attached hydrogens (tertiary/aromatic N) is 1. The van der Waals surface area contributed by atoms with E-state index in [4.69, 9.17) is 4.74 Å². The predicted octanol–water partition coefficient (Wildman–Crippen LogP) is 2.58. The first-order chi connectivity index (χ1) is 8.26. The predicted molar refractivity (Wildman–Crippen MR) is 69.4 cm³/mol. The first kappa shape index (κ1) is 12.4. The largest absolute Gasteiger partial charge is 0.495 e. The van der Waals surface area contributed by atoms with Crippen LogP contribution in [0.4, 0.5) is 0 Å². The van der Waals surface area contributed by atoms with E-state index in [0.29, 0.717) is 17.9 Å². The van der Waals surface area contributed by atoms with Gasteiger partial charge in [0.25, 0.3) is 0 Å². The quantitative estimate of drug-likeness (QED) is 0.869. The zero-order valence-corrected chi connectivity index (χ0v) is 10.9. The van der Waals surface area contributed by atoms with Crippen LogP contribution in [0.5, 0.6) is 5.75 Å². The molecular formula is C14H22N2O. The van der Waals surface area contributed by atoms with Gasteiger partial charge in [-0.1, -0.05) is 13.8 Å². The number of hydrogen-bond acceptors (Lipinski definition) is 3. The van der Waals surface area contributed by atoms with Crippen molar-refractivity contribution in [2.45, 2.75) is 38.6 Å². The molecule has 3 unspecified atom stereocenters. The van der Waals surface area contributed by atoms with Crippen LogP contribution >= 0.6 is 0 Å². The van der Waals surface area contributed by atoms with Crippen LogP contribution in [-0.2, 0) is 0 Å². The number of aromatic nitrogens is 1. The zero-order valence-electron chi connectivity index (χ0n) is 10.9. The Morgan fingerprint density at radius 2 is 2.24 bits per heavy atom. The molecule has 1 heterocycles. The SMILES string of the molecule is CCNC1CCC(c2cncc(OC)c2)C1C. The van der Waals surface area contributed by atoms with E-state index in [2.05, 4.69) is 30.2 Å². The molecule has 1 aromatic heterocycles. The van der Waals surface area contributed by atoms with Gasteiger partial charge in [-0.05, 0) is 42.9 Å². The van der Waals surface area contributed by atoms with Crippen LogP contribution in [-0.4, -0.2) is 24.7 Å². The second-order valence-corrected chi connectivity index (χ2v) is 4.87. The summed E-state index contributed by atoms with van der Waals surface area (Å²) in [6.45, 7) is 5.57. The third-order valence-electron chi connectivity index (χ3n) is 3.92. The highest BCUT2D eigenvalue weighted by atomic mass is 16.5. The highest BCUT2D eigenvalue weighted by Gasteiger charge is 2.33. The molecule has 0 aromatic carbocycles. The maximum absolute atomic E-state index is 5.25. The molecule has 3 heteroatoms. The van der Waals surface area contributed by atoms with Crippen molar-refractivity contribution in [2.24, 2.45) is 5.92 Å². The van der Waals surface area contributed by atoms with Crippen molar-refractivity contribution in [3.8, 4) is 5.75 Å². The van der Waals surface area contributed by atoms with Gasteiger partial charge in [0, 0.05) is 12.2 Å². The molecule has 0 saturated heterocycles. The molecule has 3 nitrogen and oxygen atoms in total. The Kier molecular flexibility index (Phi) is 4.00. The molecule has 1 fully saturated rings. The lowest BCUT2D eigenvalue weighted by Crippen LogP contribution is -2.32. The third-order valence-corrected chi connectivity index (χ3v) is 3.92.